The molecule has 0 aliphatic carbocycles. The molecule has 0 N–H and O–H groups in total. The van der Waals surface area contributed by atoms with Crippen LogP contribution in [0.5, 0.6) is 0 Å². The molecule has 3 nitrogen and oxygen atoms in total. The Morgan fingerprint density at radius 3 is 0.833 bits per heavy atom. The van der Waals surface area contributed by atoms with E-state index in [2.05, 4.69) is 285 Å². The summed E-state index contributed by atoms with van der Waals surface area (Å²) >= 11 is 0. The molecule has 0 amide bonds. The molecule has 0 spiro atoms. The van der Waals surface area contributed by atoms with Crippen LogP contribution >= 0.6 is 0 Å². The Labute approximate surface area is 421 Å². The maximum Gasteiger partial charge on any atom is 0.160 e. The van der Waals surface area contributed by atoms with Crippen LogP contribution in [0.3, 0.4) is 0 Å². The van der Waals surface area contributed by atoms with Crippen LogP contribution in [0.4, 0.5) is 0 Å². The molecule has 12 aromatic rings. The molecule has 2 heterocycles. The predicted octanol–water partition coefficient (Wildman–Crippen LogP) is 18.2. The Morgan fingerprint density at radius 2 is 0.444 bits per heavy atom. The van der Waals surface area contributed by atoms with Gasteiger partial charge in [-0.3, -0.25) is 0 Å². The van der Waals surface area contributed by atoms with Gasteiger partial charge in [-0.05, 0) is 68.3 Å². The fraction of sp³-hybridized carbons (Fsp3) is 0. The molecule has 0 saturated heterocycles. The summed E-state index contributed by atoms with van der Waals surface area (Å²) in [5, 5.41) is 0. The van der Waals surface area contributed by atoms with Crippen molar-refractivity contribution >= 4 is 0 Å². The van der Waals surface area contributed by atoms with Crippen molar-refractivity contribution in [3.05, 3.63) is 285 Å². The van der Waals surface area contributed by atoms with Crippen molar-refractivity contribution in [3.8, 4) is 123 Å². The highest BCUT2D eigenvalue weighted by Crippen LogP contribution is 2.49. The first-order valence-electron chi connectivity index (χ1n) is 24.4. The molecule has 0 unspecified atom stereocenters. The maximum atomic E-state index is 5.62. The molecule has 0 bridgehead atoms. The van der Waals surface area contributed by atoms with Crippen LogP contribution in [-0.4, -0.2) is 15.0 Å². The van der Waals surface area contributed by atoms with E-state index in [4.69, 9.17) is 15.0 Å². The number of pyridine rings is 1. The zero-order valence-corrected chi connectivity index (χ0v) is 39.5. The van der Waals surface area contributed by atoms with Crippen LogP contribution in [0.25, 0.3) is 123 Å². The standard InChI is InChI=1S/C69H47N3/c1-7-21-48(22-8-1)58-33-19-35-60(45-58)62-47-63(61-36-20-34-59(46-61)49-23-9-2-10-24-49)71-69(70-62)57-43-39-51(40-44-57)50-37-41-54(42-38-50)64-65(52-25-11-3-12-26-52)67(55-29-15-5-16-30-55)72-68(56-31-17-6-18-32-56)66(64)53-27-13-4-14-28-53/h1-47H. The lowest BCUT2D eigenvalue weighted by Crippen LogP contribution is -2.01. The van der Waals surface area contributed by atoms with Crippen molar-refractivity contribution in [3.63, 3.8) is 0 Å². The normalized spacial score (nSPS) is 11.1. The van der Waals surface area contributed by atoms with Gasteiger partial charge in [0.05, 0.1) is 22.8 Å². The Morgan fingerprint density at radius 1 is 0.167 bits per heavy atom. The van der Waals surface area contributed by atoms with Crippen LogP contribution in [0.1, 0.15) is 0 Å². The Bertz CT molecular complexity index is 3580. The molecule has 12 rings (SSSR count). The summed E-state index contributed by atoms with van der Waals surface area (Å²) in [6.07, 6.45) is 0. The van der Waals surface area contributed by atoms with Crippen molar-refractivity contribution < 1.29 is 0 Å². The van der Waals surface area contributed by atoms with Gasteiger partial charge in [0.2, 0.25) is 0 Å². The van der Waals surface area contributed by atoms with Gasteiger partial charge in [-0.15, -0.1) is 0 Å². The summed E-state index contributed by atoms with van der Waals surface area (Å²) in [6, 6.07) is 101. The maximum absolute atomic E-state index is 5.62. The lowest BCUT2D eigenvalue weighted by Gasteiger charge is -2.23. The predicted molar refractivity (Wildman–Crippen MR) is 300 cm³/mol. The third-order valence-electron chi connectivity index (χ3n) is 13.3. The number of hydrogen-bond acceptors (Lipinski definition) is 3. The first-order chi connectivity index (χ1) is 35.7. The second-order valence-electron chi connectivity index (χ2n) is 17.9. The summed E-state index contributed by atoms with van der Waals surface area (Å²) < 4.78 is 0. The summed E-state index contributed by atoms with van der Waals surface area (Å²) in [5.74, 6) is 0.669. The summed E-state index contributed by atoms with van der Waals surface area (Å²) in [6.45, 7) is 0. The lowest BCUT2D eigenvalue weighted by atomic mass is 9.83. The van der Waals surface area contributed by atoms with Gasteiger partial charge in [-0.2, -0.15) is 0 Å². The van der Waals surface area contributed by atoms with Gasteiger partial charge in [-0.1, -0.05) is 267 Å². The van der Waals surface area contributed by atoms with Gasteiger partial charge < -0.3 is 0 Å². The first kappa shape index (κ1) is 43.7. The lowest BCUT2D eigenvalue weighted by molar-refractivity contribution is 1.18. The smallest absolute Gasteiger partial charge is 0.160 e. The van der Waals surface area contributed by atoms with E-state index in [0.717, 1.165) is 117 Å². The van der Waals surface area contributed by atoms with Crippen molar-refractivity contribution in [2.75, 3.05) is 0 Å². The van der Waals surface area contributed by atoms with E-state index in [-0.39, 0.29) is 0 Å². The molecule has 3 heteroatoms. The monoisotopic (exact) mass is 917 g/mol. The molecule has 338 valence electrons. The molecular weight excluding hydrogens is 871 g/mol. The fourth-order valence-electron chi connectivity index (χ4n) is 9.75. The van der Waals surface area contributed by atoms with Crippen molar-refractivity contribution in [2.45, 2.75) is 0 Å². The van der Waals surface area contributed by atoms with Crippen molar-refractivity contribution in [1.82, 2.24) is 15.0 Å². The molecule has 0 atom stereocenters. The van der Waals surface area contributed by atoms with E-state index < -0.39 is 0 Å². The quantitative estimate of drug-likeness (QED) is 0.130. The van der Waals surface area contributed by atoms with Gasteiger partial charge >= 0.3 is 0 Å². The number of benzene rings is 10. The molecule has 0 radical (unpaired) electrons. The minimum Gasteiger partial charge on any atom is -0.246 e. The average Bonchev–Trinajstić information content (AvgIpc) is 3.48. The number of hydrogen-bond donors (Lipinski definition) is 0. The van der Waals surface area contributed by atoms with Crippen molar-refractivity contribution in [2.24, 2.45) is 0 Å². The van der Waals surface area contributed by atoms with Gasteiger partial charge in [0.25, 0.3) is 0 Å². The highest BCUT2D eigenvalue weighted by Gasteiger charge is 2.25. The van der Waals surface area contributed by atoms with Crippen LogP contribution in [0.15, 0.2) is 285 Å². The average molecular weight is 918 g/mol. The molecule has 0 fully saturated rings. The summed E-state index contributed by atoms with van der Waals surface area (Å²) in [7, 11) is 0. The first-order valence-corrected chi connectivity index (χ1v) is 24.4. The zero-order valence-electron chi connectivity index (χ0n) is 39.5. The van der Waals surface area contributed by atoms with E-state index in [1.165, 1.54) is 0 Å². The molecule has 0 aliphatic rings. The highest BCUT2D eigenvalue weighted by molar-refractivity contribution is 6.05. The van der Waals surface area contributed by atoms with Crippen LogP contribution in [0, 0.1) is 0 Å². The summed E-state index contributed by atoms with van der Waals surface area (Å²) in [5.41, 5.74) is 22.2. The minimum atomic E-state index is 0.669. The molecule has 72 heavy (non-hydrogen) atoms. The van der Waals surface area contributed by atoms with Gasteiger partial charge in [0.1, 0.15) is 0 Å². The second kappa shape index (κ2) is 19.8. The van der Waals surface area contributed by atoms with Crippen LogP contribution < -0.4 is 0 Å². The van der Waals surface area contributed by atoms with E-state index in [1.807, 2.05) is 0 Å². The van der Waals surface area contributed by atoms with Crippen molar-refractivity contribution in [1.29, 1.82) is 0 Å². The van der Waals surface area contributed by atoms with Gasteiger partial charge in [0.15, 0.2) is 5.82 Å². The second-order valence-corrected chi connectivity index (χ2v) is 17.9. The Kier molecular flexibility index (Phi) is 12.0. The topological polar surface area (TPSA) is 38.7 Å². The highest BCUT2D eigenvalue weighted by atomic mass is 14.9. The molecule has 2 aromatic heterocycles. The van der Waals surface area contributed by atoms with Gasteiger partial charge in [0, 0.05) is 44.5 Å². The number of rotatable bonds is 11. The third kappa shape index (κ3) is 8.95. The molecule has 0 saturated carbocycles. The number of aromatic nitrogens is 3. The van der Waals surface area contributed by atoms with E-state index in [1.54, 1.807) is 0 Å². The minimum absolute atomic E-state index is 0.669. The zero-order chi connectivity index (χ0) is 48.1. The SMILES string of the molecule is c1ccc(-c2cccc(-c3cc(-c4cccc(-c5ccccc5)c4)nc(-c4ccc(-c5ccc(-c6c(-c7ccccc7)c(-c7ccccc7)nc(-c7ccccc7)c6-c6ccccc6)cc5)cc4)n3)c2)cc1. The fourth-order valence-corrected chi connectivity index (χ4v) is 9.75. The molecular formula is C69H47N3. The van der Waals surface area contributed by atoms with E-state index in [0.29, 0.717) is 5.82 Å². The van der Waals surface area contributed by atoms with Gasteiger partial charge in [-0.25, -0.2) is 15.0 Å². The Balaban J connectivity index is 0.966. The number of nitrogens with zero attached hydrogens (tertiary/aromatic N) is 3. The van der Waals surface area contributed by atoms with Crippen LogP contribution in [0.2, 0.25) is 0 Å². The molecule has 10 aromatic carbocycles. The third-order valence-corrected chi connectivity index (χ3v) is 13.3. The largest absolute Gasteiger partial charge is 0.246 e. The van der Waals surface area contributed by atoms with E-state index >= 15 is 0 Å². The van der Waals surface area contributed by atoms with E-state index in [9.17, 15) is 0 Å². The summed E-state index contributed by atoms with van der Waals surface area (Å²) in [4.78, 5) is 16.2. The van der Waals surface area contributed by atoms with Crippen LogP contribution in [-0.2, 0) is 0 Å². The molecule has 0 aliphatic heterocycles. The Hall–Kier alpha value is -9.57.